The first-order valence-electron chi connectivity index (χ1n) is 16.0. The van der Waals surface area contributed by atoms with Gasteiger partial charge in [0.1, 0.15) is 11.0 Å². The number of hydrogen-bond donors (Lipinski definition) is 2. The monoisotopic (exact) mass is 618 g/mol. The highest BCUT2D eigenvalue weighted by Gasteiger charge is 2.74. The van der Waals surface area contributed by atoms with Crippen LogP contribution >= 0.6 is 0 Å². The van der Waals surface area contributed by atoms with Crippen LogP contribution < -0.4 is 0 Å². The molecule has 1 saturated heterocycles. The molecule has 1 spiro atoms. The van der Waals surface area contributed by atoms with Crippen molar-refractivity contribution >= 4 is 17.5 Å². The molecule has 244 valence electrons. The quantitative estimate of drug-likeness (QED) is 0.130. The van der Waals surface area contributed by atoms with Crippen LogP contribution in [0.4, 0.5) is 0 Å². The molecule has 3 aliphatic rings. The van der Waals surface area contributed by atoms with E-state index in [2.05, 4.69) is 26.0 Å². The third kappa shape index (κ3) is 5.79. The fourth-order valence-electron chi connectivity index (χ4n) is 7.55. The number of phenols is 2. The number of hydrogen-bond acceptors (Lipinski definition) is 7. The third-order valence-electron chi connectivity index (χ3n) is 10.6. The summed E-state index contributed by atoms with van der Waals surface area (Å²) in [5.74, 6) is -2.58. The summed E-state index contributed by atoms with van der Waals surface area (Å²) in [5.41, 5.74) is -0.928. The van der Waals surface area contributed by atoms with Crippen molar-refractivity contribution in [2.24, 2.45) is 28.1 Å². The molecule has 1 aliphatic heterocycles. The molecule has 1 heterocycles. The summed E-state index contributed by atoms with van der Waals surface area (Å²) in [6.45, 7) is 20.0. The smallest absolute Gasteiger partial charge is 0.343 e. The Bertz CT molecular complexity index is 1520. The Kier molecular flexibility index (Phi) is 9.11. The van der Waals surface area contributed by atoms with Crippen molar-refractivity contribution in [3.8, 4) is 11.5 Å². The predicted molar refractivity (Wildman–Crippen MR) is 174 cm³/mol. The highest BCUT2D eigenvalue weighted by molar-refractivity contribution is 6.21. The minimum atomic E-state index is -1.50. The summed E-state index contributed by atoms with van der Waals surface area (Å²) in [6, 6.07) is 3.60. The Balaban J connectivity index is 2.02. The zero-order valence-corrected chi connectivity index (χ0v) is 28.6. The van der Waals surface area contributed by atoms with E-state index < -0.39 is 39.3 Å². The van der Waals surface area contributed by atoms with Crippen LogP contribution in [0.15, 0.2) is 64.7 Å². The number of phenolic OH excluding ortho intramolecular Hbond substituents is 2. The van der Waals surface area contributed by atoms with E-state index in [1.807, 2.05) is 61.5 Å². The molecule has 1 aromatic carbocycles. The average molecular weight is 619 g/mol. The maximum absolute atomic E-state index is 15.3. The summed E-state index contributed by atoms with van der Waals surface area (Å²) in [6.07, 6.45) is 8.82. The van der Waals surface area contributed by atoms with E-state index in [0.29, 0.717) is 25.7 Å². The largest absolute Gasteiger partial charge is 0.504 e. The summed E-state index contributed by atoms with van der Waals surface area (Å²) < 4.78 is 12.8. The summed E-state index contributed by atoms with van der Waals surface area (Å²) in [7, 11) is 0. The van der Waals surface area contributed by atoms with E-state index in [-0.39, 0.29) is 46.9 Å². The molecule has 1 aromatic rings. The van der Waals surface area contributed by atoms with Crippen LogP contribution in [-0.4, -0.2) is 33.3 Å². The van der Waals surface area contributed by atoms with Crippen molar-refractivity contribution in [3.05, 3.63) is 70.2 Å². The molecule has 7 nitrogen and oxygen atoms in total. The van der Waals surface area contributed by atoms with Gasteiger partial charge in [-0.2, -0.15) is 0 Å². The maximum atomic E-state index is 15.3. The number of aromatic hydroxyl groups is 2. The van der Waals surface area contributed by atoms with Crippen LogP contribution in [-0.2, 0) is 19.1 Å². The fraction of sp³-hybridized carbons (Fsp3) is 0.553. The molecule has 2 aliphatic carbocycles. The summed E-state index contributed by atoms with van der Waals surface area (Å²) in [5, 5.41) is 19.9. The normalized spacial score (nSPS) is 28.0. The standard InChI is InChI=1S/C38H50O7/c1-22(2)11-14-26-20-37-21-27(15-12-23(3)4)36(9,10)45-32(37)30(44-33(42)25-13-16-28(39)29(40)19-25)31(41)38(34(37)43,35(26,7)8)18-17-24(5)6/h11-13,16-17,19,26-27,39-40H,14-15,18,20-21H2,1-10H3/t26-,27-,37-,38-/m0/s1. The molecule has 1 saturated carbocycles. The Hall–Kier alpha value is -3.61. The molecule has 0 amide bonds. The van der Waals surface area contributed by atoms with Crippen molar-refractivity contribution in [1.29, 1.82) is 0 Å². The maximum Gasteiger partial charge on any atom is 0.343 e. The number of ether oxygens (including phenoxy) is 2. The van der Waals surface area contributed by atoms with Crippen LogP contribution in [0.5, 0.6) is 11.5 Å². The van der Waals surface area contributed by atoms with Gasteiger partial charge < -0.3 is 19.7 Å². The van der Waals surface area contributed by atoms with Crippen molar-refractivity contribution in [1.82, 2.24) is 0 Å². The molecule has 2 fully saturated rings. The van der Waals surface area contributed by atoms with Gasteiger partial charge in [0.05, 0.1) is 11.0 Å². The molecule has 0 radical (unpaired) electrons. The van der Waals surface area contributed by atoms with Gasteiger partial charge in [0, 0.05) is 5.92 Å². The molecule has 0 aromatic heterocycles. The first-order valence-corrected chi connectivity index (χ1v) is 16.0. The molecule has 45 heavy (non-hydrogen) atoms. The van der Waals surface area contributed by atoms with E-state index in [4.69, 9.17) is 9.47 Å². The lowest BCUT2D eigenvalue weighted by molar-refractivity contribution is -0.192. The number of ketones is 2. The lowest BCUT2D eigenvalue weighted by Gasteiger charge is -2.63. The van der Waals surface area contributed by atoms with E-state index in [0.717, 1.165) is 11.6 Å². The number of esters is 1. The molecular formula is C38H50O7. The van der Waals surface area contributed by atoms with Crippen molar-refractivity contribution in [3.63, 3.8) is 0 Å². The van der Waals surface area contributed by atoms with Crippen molar-refractivity contribution in [2.45, 2.75) is 107 Å². The van der Waals surface area contributed by atoms with Crippen molar-refractivity contribution < 1.29 is 34.1 Å². The van der Waals surface area contributed by atoms with E-state index in [1.165, 1.54) is 23.3 Å². The second-order valence-electron chi connectivity index (χ2n) is 15.1. The molecular weight excluding hydrogens is 568 g/mol. The summed E-state index contributed by atoms with van der Waals surface area (Å²) in [4.78, 5) is 43.9. The third-order valence-corrected chi connectivity index (χ3v) is 10.6. The number of fused-ring (bicyclic) bond motifs is 1. The van der Waals surface area contributed by atoms with Gasteiger partial charge in [-0.25, -0.2) is 4.79 Å². The Morgan fingerprint density at radius 2 is 1.42 bits per heavy atom. The Labute approximate surface area is 268 Å². The first-order chi connectivity index (χ1) is 20.8. The van der Waals surface area contributed by atoms with Gasteiger partial charge >= 0.3 is 5.97 Å². The number of Topliss-reactive ketones (excluding diaryl/α,β-unsaturated/α-hetero) is 2. The number of carbonyl (C=O) groups excluding carboxylic acids is 3. The SMILES string of the molecule is CC(C)=CC[C@H]1C[C@@]23C[C@H](CC=C(C)C)C(C)(C)[C@@](CC=C(C)C)(C(=O)C(OC(=O)c4ccc(O)c(O)c4)=C2OC1(C)C)C3=O. The highest BCUT2D eigenvalue weighted by Crippen LogP contribution is 2.69. The van der Waals surface area contributed by atoms with Crippen LogP contribution in [0.1, 0.15) is 112 Å². The number of carbonyl (C=O) groups is 3. The molecule has 2 bridgehead atoms. The minimum absolute atomic E-state index is 0.0326. The van der Waals surface area contributed by atoms with Gasteiger partial charge in [0.2, 0.25) is 11.5 Å². The first kappa shape index (κ1) is 34.3. The van der Waals surface area contributed by atoms with Crippen LogP contribution in [0, 0.1) is 28.1 Å². The number of allylic oxidation sites excluding steroid dienone is 8. The zero-order chi connectivity index (χ0) is 33.7. The van der Waals surface area contributed by atoms with Crippen LogP contribution in [0.2, 0.25) is 0 Å². The second-order valence-corrected chi connectivity index (χ2v) is 15.1. The number of benzene rings is 1. The molecule has 0 unspecified atom stereocenters. The highest BCUT2D eigenvalue weighted by atomic mass is 16.6. The van der Waals surface area contributed by atoms with E-state index in [1.54, 1.807) is 0 Å². The topological polar surface area (TPSA) is 110 Å². The summed E-state index contributed by atoms with van der Waals surface area (Å²) >= 11 is 0. The van der Waals surface area contributed by atoms with Gasteiger partial charge in [0.25, 0.3) is 0 Å². The second kappa shape index (κ2) is 12.0. The molecule has 4 rings (SSSR count). The van der Waals surface area contributed by atoms with Gasteiger partial charge in [-0.05, 0) is 117 Å². The molecule has 2 N–H and O–H groups in total. The van der Waals surface area contributed by atoms with Crippen LogP contribution in [0.25, 0.3) is 0 Å². The van der Waals surface area contributed by atoms with Crippen molar-refractivity contribution in [2.75, 3.05) is 0 Å². The van der Waals surface area contributed by atoms with Gasteiger partial charge in [-0.15, -0.1) is 0 Å². The Morgan fingerprint density at radius 3 is 1.98 bits per heavy atom. The van der Waals surface area contributed by atoms with Gasteiger partial charge in [0.15, 0.2) is 23.0 Å². The molecule has 7 heteroatoms. The predicted octanol–water partition coefficient (Wildman–Crippen LogP) is 8.52. The van der Waals surface area contributed by atoms with E-state index >= 15 is 9.59 Å². The van der Waals surface area contributed by atoms with Gasteiger partial charge in [-0.1, -0.05) is 48.8 Å². The zero-order valence-electron chi connectivity index (χ0n) is 28.6. The Morgan fingerprint density at radius 1 is 0.867 bits per heavy atom. The van der Waals surface area contributed by atoms with E-state index in [9.17, 15) is 15.0 Å². The lowest BCUT2D eigenvalue weighted by atomic mass is 9.39. The molecule has 4 atom stereocenters. The lowest BCUT2D eigenvalue weighted by Crippen LogP contribution is -2.69. The van der Waals surface area contributed by atoms with Gasteiger partial charge in [-0.3, -0.25) is 9.59 Å². The average Bonchev–Trinajstić information content (AvgIpc) is 2.93. The van der Waals surface area contributed by atoms with Crippen LogP contribution in [0.3, 0.4) is 0 Å². The number of rotatable bonds is 8. The fourth-order valence-corrected chi connectivity index (χ4v) is 7.55. The minimum Gasteiger partial charge on any atom is -0.504 e.